The van der Waals surface area contributed by atoms with E-state index in [0.29, 0.717) is 0 Å². The molecule has 0 aliphatic heterocycles. The number of benzene rings is 4. The summed E-state index contributed by atoms with van der Waals surface area (Å²) in [5.74, 6) is -1.67. The molecule has 4 aromatic carbocycles. The Balaban J connectivity index is 0.000000188. The van der Waals surface area contributed by atoms with Gasteiger partial charge < -0.3 is 10.2 Å². The van der Waals surface area contributed by atoms with Crippen molar-refractivity contribution in [2.75, 3.05) is 0 Å². The van der Waals surface area contributed by atoms with Gasteiger partial charge in [-0.3, -0.25) is 9.59 Å². The average Bonchev–Trinajstić information content (AvgIpc) is 3.43. The van der Waals surface area contributed by atoms with Gasteiger partial charge in [0.05, 0.1) is 0 Å². The second kappa shape index (κ2) is 14.7. The molecule has 2 aliphatic rings. The zero-order valence-corrected chi connectivity index (χ0v) is 22.0. The molecule has 0 saturated carbocycles. The average molecular weight is 512 g/mol. The van der Waals surface area contributed by atoms with E-state index in [1.54, 1.807) is 20.0 Å². The van der Waals surface area contributed by atoms with Gasteiger partial charge in [0.25, 0.3) is 11.9 Å². The Labute approximate surface area is 224 Å². The maximum absolute atomic E-state index is 9.00. The van der Waals surface area contributed by atoms with Gasteiger partial charge >= 0.3 is 24.8 Å². The smallest absolute Gasteiger partial charge is 0.0253 e. The van der Waals surface area contributed by atoms with Crippen molar-refractivity contribution in [2.45, 2.75) is 26.7 Å². The number of rotatable bonds is 0. The Morgan fingerprint density at radius 2 is 0.944 bits per heavy atom. The Hall–Kier alpha value is -3.60. The van der Waals surface area contributed by atoms with E-state index >= 15 is 0 Å². The van der Waals surface area contributed by atoms with Gasteiger partial charge in [-0.2, -0.15) is 59.7 Å². The number of carboxylic acid groups (broad SMARTS) is 2. The van der Waals surface area contributed by atoms with E-state index in [2.05, 4.69) is 89.7 Å². The first-order chi connectivity index (χ1) is 17.4. The Morgan fingerprint density at radius 1 is 0.639 bits per heavy atom. The van der Waals surface area contributed by atoms with E-state index < -0.39 is 11.9 Å². The fourth-order valence-corrected chi connectivity index (χ4v) is 4.00. The zero-order chi connectivity index (χ0) is 26.5. The predicted octanol–water partition coefficient (Wildman–Crippen LogP) is 6.26. The second-order valence-electron chi connectivity index (χ2n) is 7.83. The SMILES string of the molecule is CC(=O)O.CC(=O)O.[CH2]=[Ti+2].[c-]1cccc2c1Cc1ccccc1-2.[c-]1cccc2c1Cc1ccccc1-2. The maximum atomic E-state index is 9.00. The molecule has 0 aromatic heterocycles. The van der Waals surface area contributed by atoms with Crippen LogP contribution >= 0.6 is 0 Å². The van der Waals surface area contributed by atoms with Gasteiger partial charge in [0.15, 0.2) is 0 Å². The molecule has 5 heteroatoms. The third-order valence-corrected chi connectivity index (χ3v) is 5.23. The van der Waals surface area contributed by atoms with Crippen molar-refractivity contribution < 1.29 is 39.8 Å². The first kappa shape index (κ1) is 28.6. The van der Waals surface area contributed by atoms with Gasteiger partial charge in [0, 0.05) is 13.8 Å². The standard InChI is InChI=1S/2C13H9.2C2H4O2.CH2.Ti/c2*1-3-7-12-10(5-1)9-11-6-2-4-8-13(11)12;2*1-2(3)4;;/h2*1-5,7-8H,9H2;2*1H3,(H,3,4);1H2;/q2*-1;;;;+2. The summed E-state index contributed by atoms with van der Waals surface area (Å²) in [5.41, 5.74) is 11.0. The molecule has 0 heterocycles. The summed E-state index contributed by atoms with van der Waals surface area (Å²) in [5, 5.41) is 14.8. The van der Waals surface area contributed by atoms with Crippen molar-refractivity contribution in [3.63, 3.8) is 0 Å². The van der Waals surface area contributed by atoms with Crippen molar-refractivity contribution in [1.29, 1.82) is 0 Å². The van der Waals surface area contributed by atoms with Crippen LogP contribution in [0.5, 0.6) is 0 Å². The van der Waals surface area contributed by atoms with Crippen LogP contribution in [0.25, 0.3) is 22.3 Å². The fraction of sp³-hybridized carbons (Fsp3) is 0.129. The minimum Gasteiger partial charge on any atom is -0.179 e. The van der Waals surface area contributed by atoms with E-state index in [1.807, 2.05) is 12.1 Å². The molecule has 180 valence electrons. The number of fused-ring (bicyclic) bond motifs is 6. The first-order valence-corrected chi connectivity index (χ1v) is 12.4. The monoisotopic (exact) mass is 512 g/mol. The molecular weight excluding hydrogens is 484 g/mol. The van der Waals surface area contributed by atoms with Gasteiger partial charge in [0.1, 0.15) is 0 Å². The molecule has 0 unspecified atom stereocenters. The van der Waals surface area contributed by atoms with E-state index in [1.165, 1.54) is 44.5 Å². The molecule has 36 heavy (non-hydrogen) atoms. The Morgan fingerprint density at radius 3 is 1.31 bits per heavy atom. The van der Waals surface area contributed by atoms with Gasteiger partial charge in [-0.15, -0.1) is 11.1 Å². The molecule has 0 bridgehead atoms. The third kappa shape index (κ3) is 8.26. The first-order valence-electron chi connectivity index (χ1n) is 11.3. The second-order valence-corrected chi connectivity index (χ2v) is 7.83. The summed E-state index contributed by atoms with van der Waals surface area (Å²) in [6.07, 6.45) is 2.10. The van der Waals surface area contributed by atoms with Gasteiger partial charge in [-0.1, -0.05) is 70.8 Å². The summed E-state index contributed by atoms with van der Waals surface area (Å²) < 4.78 is 0. The minimum atomic E-state index is -0.833. The Kier molecular flexibility index (Phi) is 11.7. The van der Waals surface area contributed by atoms with Crippen LogP contribution in [0.15, 0.2) is 84.9 Å². The molecule has 2 aliphatic carbocycles. The summed E-state index contributed by atoms with van der Waals surface area (Å²) in [7, 11) is 0. The summed E-state index contributed by atoms with van der Waals surface area (Å²) in [6.45, 7) is 2.17. The molecule has 0 amide bonds. The minimum absolute atomic E-state index is 0.833. The molecular formula is C31H28O4Ti. The van der Waals surface area contributed by atoms with Crippen molar-refractivity contribution >= 4 is 16.8 Å². The predicted molar refractivity (Wildman–Crippen MR) is 141 cm³/mol. The summed E-state index contributed by atoms with van der Waals surface area (Å²) in [4.78, 5) is 21.2. The van der Waals surface area contributed by atoms with Gasteiger partial charge in [0.2, 0.25) is 0 Å². The van der Waals surface area contributed by atoms with E-state index in [0.717, 1.165) is 26.7 Å². The number of aliphatic carboxylic acids is 2. The number of hydrogen-bond donors (Lipinski definition) is 2. The largest absolute Gasteiger partial charge is 0.179 e. The molecule has 0 saturated heterocycles. The maximum Gasteiger partial charge on any atom is -0.0253 e. The molecule has 4 aromatic rings. The van der Waals surface area contributed by atoms with Crippen molar-refractivity contribution in [3.8, 4) is 22.3 Å². The van der Waals surface area contributed by atoms with Gasteiger partial charge in [-0.25, -0.2) is 0 Å². The molecule has 0 radical (unpaired) electrons. The van der Waals surface area contributed by atoms with Crippen LogP contribution in [-0.2, 0) is 42.4 Å². The third-order valence-electron chi connectivity index (χ3n) is 5.23. The van der Waals surface area contributed by atoms with Crippen molar-refractivity contribution in [1.82, 2.24) is 0 Å². The summed E-state index contributed by atoms with van der Waals surface area (Å²) in [6, 6.07) is 36.2. The van der Waals surface area contributed by atoms with E-state index in [-0.39, 0.29) is 0 Å². The van der Waals surface area contributed by atoms with Crippen LogP contribution in [0.4, 0.5) is 0 Å². The quantitative estimate of drug-likeness (QED) is 0.186. The van der Waals surface area contributed by atoms with Crippen LogP contribution in [0, 0.1) is 12.1 Å². The molecule has 2 N–H and O–H groups in total. The van der Waals surface area contributed by atoms with Crippen LogP contribution in [0.1, 0.15) is 36.1 Å². The summed E-state index contributed by atoms with van der Waals surface area (Å²) >= 11 is 1.75. The topological polar surface area (TPSA) is 74.6 Å². The molecule has 0 atom stereocenters. The van der Waals surface area contributed by atoms with Crippen molar-refractivity contribution in [3.05, 3.63) is 119 Å². The zero-order valence-electron chi connectivity index (χ0n) is 20.4. The molecule has 0 spiro atoms. The fourth-order valence-electron chi connectivity index (χ4n) is 4.00. The number of hydrogen-bond acceptors (Lipinski definition) is 2. The molecule has 0 fully saturated rings. The van der Waals surface area contributed by atoms with Crippen LogP contribution < -0.4 is 0 Å². The number of carboxylic acids is 2. The van der Waals surface area contributed by atoms with E-state index in [4.69, 9.17) is 19.8 Å². The van der Waals surface area contributed by atoms with E-state index in [9.17, 15) is 0 Å². The van der Waals surface area contributed by atoms with Gasteiger partial charge in [-0.05, 0) is 12.8 Å². The molecule has 6 rings (SSSR count). The normalized spacial score (nSPS) is 10.4. The van der Waals surface area contributed by atoms with Crippen molar-refractivity contribution in [2.24, 2.45) is 0 Å². The Bertz CT molecular complexity index is 1120. The van der Waals surface area contributed by atoms with Crippen LogP contribution in [0.2, 0.25) is 0 Å². The van der Waals surface area contributed by atoms with Crippen LogP contribution in [-0.4, -0.2) is 27.0 Å². The van der Waals surface area contributed by atoms with Crippen LogP contribution in [0.3, 0.4) is 0 Å². The molecule has 4 nitrogen and oxygen atoms in total. The number of carbonyl (C=O) groups is 2.